The van der Waals surface area contributed by atoms with Crippen LogP contribution < -0.4 is 0 Å². The predicted octanol–water partition coefficient (Wildman–Crippen LogP) is 0.553. The lowest BCUT2D eigenvalue weighted by Gasteiger charge is -2.19. The third-order valence-corrected chi connectivity index (χ3v) is 4.87. The highest BCUT2D eigenvalue weighted by molar-refractivity contribution is 5.86. The van der Waals surface area contributed by atoms with Crippen LogP contribution in [0.2, 0.25) is 0 Å². The minimum atomic E-state index is -0.963. The molecule has 2 aliphatic rings. The van der Waals surface area contributed by atoms with E-state index in [-0.39, 0.29) is 37.7 Å². The lowest BCUT2D eigenvalue weighted by Crippen LogP contribution is -2.27. The van der Waals surface area contributed by atoms with Gasteiger partial charge in [0.05, 0.1) is 11.8 Å². The zero-order chi connectivity index (χ0) is 18.8. The number of hydrogen-bond acceptors (Lipinski definition) is 4. The van der Waals surface area contributed by atoms with E-state index in [1.807, 2.05) is 24.3 Å². The van der Waals surface area contributed by atoms with Gasteiger partial charge < -0.3 is 20.0 Å². The molecule has 2 unspecified atom stereocenters. The van der Waals surface area contributed by atoms with Crippen molar-refractivity contribution in [3.8, 4) is 0 Å². The number of carbonyl (C=O) groups is 4. The maximum Gasteiger partial charge on any atom is 0.308 e. The van der Waals surface area contributed by atoms with Gasteiger partial charge in [-0.25, -0.2) is 0 Å². The third kappa shape index (κ3) is 3.84. The number of carboxylic acids is 2. The van der Waals surface area contributed by atoms with E-state index in [2.05, 4.69) is 0 Å². The molecule has 0 aromatic heterocycles. The van der Waals surface area contributed by atoms with Gasteiger partial charge in [-0.1, -0.05) is 24.3 Å². The summed E-state index contributed by atoms with van der Waals surface area (Å²) in [6, 6.07) is 7.37. The molecular formula is C18H20N2O6. The molecule has 0 saturated carbocycles. The minimum absolute atomic E-state index is 0.0217. The molecule has 2 saturated heterocycles. The number of hydrogen-bond donors (Lipinski definition) is 2. The first-order valence-electron chi connectivity index (χ1n) is 8.42. The van der Waals surface area contributed by atoms with Gasteiger partial charge in [0.15, 0.2) is 0 Å². The first-order valence-corrected chi connectivity index (χ1v) is 8.42. The summed E-state index contributed by atoms with van der Waals surface area (Å²) in [6.45, 7) is 1.04. The van der Waals surface area contributed by atoms with Crippen molar-refractivity contribution >= 4 is 23.8 Å². The van der Waals surface area contributed by atoms with Gasteiger partial charge in [-0.3, -0.25) is 19.2 Å². The summed E-state index contributed by atoms with van der Waals surface area (Å²) in [5, 5.41) is 18.1. The molecule has 2 fully saturated rings. The van der Waals surface area contributed by atoms with E-state index in [0.717, 1.165) is 11.1 Å². The van der Waals surface area contributed by atoms with Crippen LogP contribution in [0.1, 0.15) is 24.0 Å². The fraction of sp³-hybridized carbons (Fsp3) is 0.444. The number of benzene rings is 1. The van der Waals surface area contributed by atoms with E-state index in [0.29, 0.717) is 13.1 Å². The quantitative estimate of drug-likeness (QED) is 0.766. The molecule has 8 heteroatoms. The summed E-state index contributed by atoms with van der Waals surface area (Å²) in [6.07, 6.45) is 0.0434. The van der Waals surface area contributed by atoms with Crippen LogP contribution in [0.3, 0.4) is 0 Å². The molecule has 2 atom stereocenters. The maximum atomic E-state index is 12.0. The van der Waals surface area contributed by atoms with Crippen molar-refractivity contribution < 1.29 is 29.4 Å². The Morgan fingerprint density at radius 3 is 1.65 bits per heavy atom. The number of rotatable bonds is 6. The molecule has 8 nitrogen and oxygen atoms in total. The maximum absolute atomic E-state index is 12.0. The van der Waals surface area contributed by atoms with Crippen LogP contribution in [0.4, 0.5) is 0 Å². The molecule has 0 radical (unpaired) electrons. The van der Waals surface area contributed by atoms with E-state index in [1.165, 1.54) is 9.80 Å². The molecule has 138 valence electrons. The zero-order valence-corrected chi connectivity index (χ0v) is 14.1. The number of nitrogens with zero attached hydrogens (tertiary/aromatic N) is 2. The average molecular weight is 360 g/mol. The molecule has 0 spiro atoms. The monoisotopic (exact) mass is 360 g/mol. The molecule has 2 N–H and O–H groups in total. The highest BCUT2D eigenvalue weighted by atomic mass is 16.4. The van der Waals surface area contributed by atoms with Crippen molar-refractivity contribution in [2.45, 2.75) is 25.9 Å². The topological polar surface area (TPSA) is 115 Å². The predicted molar refractivity (Wildman–Crippen MR) is 88.8 cm³/mol. The first kappa shape index (κ1) is 17.9. The molecule has 1 aromatic rings. The molecule has 0 aliphatic carbocycles. The fourth-order valence-corrected chi connectivity index (χ4v) is 3.45. The van der Waals surface area contributed by atoms with Gasteiger partial charge in [0, 0.05) is 39.0 Å². The molecule has 2 heterocycles. The second-order valence-corrected chi connectivity index (χ2v) is 6.85. The number of amides is 2. The summed E-state index contributed by atoms with van der Waals surface area (Å²) in [4.78, 5) is 49.0. The van der Waals surface area contributed by atoms with E-state index < -0.39 is 23.8 Å². The summed E-state index contributed by atoms with van der Waals surface area (Å²) in [5.74, 6) is -3.62. The van der Waals surface area contributed by atoms with E-state index in [9.17, 15) is 19.2 Å². The Bertz CT molecular complexity index is 703. The molecule has 2 aliphatic heterocycles. The van der Waals surface area contributed by atoms with E-state index in [1.54, 1.807) is 0 Å². The van der Waals surface area contributed by atoms with Gasteiger partial charge in [0.2, 0.25) is 11.8 Å². The summed E-state index contributed by atoms with van der Waals surface area (Å²) < 4.78 is 0. The Balaban J connectivity index is 1.64. The van der Waals surface area contributed by atoms with Crippen LogP contribution in [0.5, 0.6) is 0 Å². The lowest BCUT2D eigenvalue weighted by atomic mass is 10.1. The van der Waals surface area contributed by atoms with Crippen LogP contribution in [0, 0.1) is 11.8 Å². The van der Waals surface area contributed by atoms with Gasteiger partial charge in [0.1, 0.15) is 0 Å². The molecule has 3 rings (SSSR count). The van der Waals surface area contributed by atoms with Crippen LogP contribution in [-0.2, 0) is 32.3 Å². The number of aliphatic carboxylic acids is 2. The highest BCUT2D eigenvalue weighted by Gasteiger charge is 2.35. The van der Waals surface area contributed by atoms with Crippen molar-refractivity contribution in [1.82, 2.24) is 9.80 Å². The second-order valence-electron chi connectivity index (χ2n) is 6.85. The van der Waals surface area contributed by atoms with Crippen LogP contribution in [-0.4, -0.2) is 56.9 Å². The molecule has 1 aromatic carbocycles. The average Bonchev–Trinajstić information content (AvgIpc) is 3.12. The largest absolute Gasteiger partial charge is 0.481 e. The number of likely N-dealkylation sites (tertiary alicyclic amines) is 2. The molecule has 2 amide bonds. The second kappa shape index (κ2) is 7.15. The third-order valence-electron chi connectivity index (χ3n) is 4.87. The minimum Gasteiger partial charge on any atom is -0.481 e. The normalized spacial score (nSPS) is 22.9. The summed E-state index contributed by atoms with van der Waals surface area (Å²) in [7, 11) is 0. The van der Waals surface area contributed by atoms with Gasteiger partial charge in [-0.05, 0) is 11.1 Å². The first-order chi connectivity index (χ1) is 12.3. The van der Waals surface area contributed by atoms with E-state index in [4.69, 9.17) is 10.2 Å². The van der Waals surface area contributed by atoms with Crippen molar-refractivity contribution in [2.75, 3.05) is 13.1 Å². The Hall–Kier alpha value is -2.90. The van der Waals surface area contributed by atoms with Gasteiger partial charge >= 0.3 is 11.9 Å². The molecule has 26 heavy (non-hydrogen) atoms. The number of carboxylic acid groups (broad SMARTS) is 2. The summed E-state index contributed by atoms with van der Waals surface area (Å²) in [5.41, 5.74) is 1.70. The van der Waals surface area contributed by atoms with E-state index >= 15 is 0 Å². The zero-order valence-electron chi connectivity index (χ0n) is 14.1. The van der Waals surface area contributed by atoms with Crippen molar-refractivity contribution in [2.24, 2.45) is 11.8 Å². The molecular weight excluding hydrogens is 340 g/mol. The van der Waals surface area contributed by atoms with Crippen LogP contribution in [0.25, 0.3) is 0 Å². The number of carbonyl (C=O) groups excluding carboxylic acids is 2. The SMILES string of the molecule is O=C(O)C1CC(=O)N(Cc2cccc(CN3CC(C(=O)O)CC3=O)c2)C1. The smallest absolute Gasteiger partial charge is 0.308 e. The Kier molecular flexibility index (Phi) is 4.92. The molecule has 0 bridgehead atoms. The highest BCUT2D eigenvalue weighted by Crippen LogP contribution is 2.23. The standard InChI is InChI=1S/C18H20N2O6/c21-15-5-13(17(23)24)9-19(15)7-11-2-1-3-12(4-11)8-20-10-14(18(25)26)6-16(20)22/h1-4,13-14H,5-10H2,(H,23,24)(H,25,26). The van der Waals surface area contributed by atoms with Crippen LogP contribution in [0.15, 0.2) is 24.3 Å². The Morgan fingerprint density at radius 1 is 0.885 bits per heavy atom. The van der Waals surface area contributed by atoms with Crippen molar-refractivity contribution in [3.05, 3.63) is 35.4 Å². The lowest BCUT2D eigenvalue weighted by molar-refractivity contribution is -0.142. The van der Waals surface area contributed by atoms with Crippen molar-refractivity contribution in [1.29, 1.82) is 0 Å². The summed E-state index contributed by atoms with van der Waals surface area (Å²) >= 11 is 0. The Morgan fingerprint density at radius 2 is 1.31 bits per heavy atom. The van der Waals surface area contributed by atoms with Crippen molar-refractivity contribution in [3.63, 3.8) is 0 Å². The van der Waals surface area contributed by atoms with Gasteiger partial charge in [-0.2, -0.15) is 0 Å². The van der Waals surface area contributed by atoms with Crippen LogP contribution >= 0.6 is 0 Å². The fourth-order valence-electron chi connectivity index (χ4n) is 3.45. The van der Waals surface area contributed by atoms with Gasteiger partial charge in [-0.15, -0.1) is 0 Å². The Labute approximate surface area is 150 Å². The van der Waals surface area contributed by atoms with Gasteiger partial charge in [0.25, 0.3) is 0 Å².